The molecule has 23 N–H and O–H groups in total. The Morgan fingerprint density at radius 2 is 1.29 bits per heavy atom. The fourth-order valence-electron chi connectivity index (χ4n) is 12.5. The summed E-state index contributed by atoms with van der Waals surface area (Å²) in [5, 5.41) is 172. The van der Waals surface area contributed by atoms with Gasteiger partial charge in [0.2, 0.25) is 41.7 Å². The van der Waals surface area contributed by atoms with E-state index in [0.717, 1.165) is 10.5 Å². The molecule has 7 heterocycles. The van der Waals surface area contributed by atoms with Crippen molar-refractivity contribution in [1.29, 1.82) is 10.8 Å². The van der Waals surface area contributed by atoms with Gasteiger partial charge in [0.25, 0.3) is 0 Å². The van der Waals surface area contributed by atoms with Gasteiger partial charge in [0.05, 0.1) is 45.1 Å². The van der Waals surface area contributed by atoms with Gasteiger partial charge in [-0.05, 0) is 43.5 Å². The van der Waals surface area contributed by atoms with Crippen LogP contribution in [0.5, 0.6) is 5.75 Å². The van der Waals surface area contributed by atoms with Gasteiger partial charge >= 0.3 is 0 Å². The third-order valence-electron chi connectivity index (χ3n) is 18.1. The van der Waals surface area contributed by atoms with Gasteiger partial charge in [-0.15, -0.1) is 0 Å². The number of rotatable bonds is 19. The molecule has 6 amide bonds. The van der Waals surface area contributed by atoms with Crippen molar-refractivity contribution < 1.29 is 123 Å². The summed E-state index contributed by atoms with van der Waals surface area (Å²) >= 11 is 0. The Kier molecular flexibility index (Phi) is 25.3. The zero-order valence-corrected chi connectivity index (χ0v) is 53.5. The van der Waals surface area contributed by atoms with Crippen LogP contribution in [0.4, 0.5) is 0 Å². The third-order valence-corrected chi connectivity index (χ3v) is 18.1. The Morgan fingerprint density at radius 3 is 1.95 bits per heavy atom. The van der Waals surface area contributed by atoms with Crippen LogP contribution >= 0.6 is 0 Å². The van der Waals surface area contributed by atoms with Crippen molar-refractivity contribution in [3.8, 4) is 5.75 Å². The highest BCUT2D eigenvalue weighted by Gasteiger charge is 2.55. The maximum atomic E-state index is 15.2. The highest BCUT2D eigenvalue weighted by Crippen LogP contribution is 2.35. The predicted molar refractivity (Wildman–Crippen MR) is 332 cm³/mol. The van der Waals surface area contributed by atoms with Crippen LogP contribution < -0.4 is 52.6 Å². The van der Waals surface area contributed by atoms with E-state index >= 15 is 9.59 Å². The van der Waals surface area contributed by atoms with Crippen molar-refractivity contribution in [2.24, 2.45) is 0 Å². The Hall–Kier alpha value is -7.38. The average molecular weight is 1390 g/mol. The SMILES string of the molecule is CC(C)=CCCC1OCC2OC(OC3C(CO)OC(Oc4ccc(CC5NC(=O)C(C(C)c6ccccc6)NC(=O)CNC(=O)C(CO)NC(=O)C(C(O)C6CNC(=N)N6C6OC(CO)C(O)C(O)C6O)NC(=O)C(C(O)C6CNC(=N)N6)NC5=O)cc4)C(O)C3O)C(O)C(O)C2O1. The number of fused-ring (bicyclic) bond motifs is 1. The highest BCUT2D eigenvalue weighted by atomic mass is 16.8. The monoisotopic (exact) mass is 1390 g/mol. The summed E-state index contributed by atoms with van der Waals surface area (Å²) in [7, 11) is 0. The zero-order chi connectivity index (χ0) is 71.0. The van der Waals surface area contributed by atoms with E-state index in [9.17, 15) is 80.5 Å². The molecule has 7 aliphatic heterocycles. The maximum Gasteiger partial charge on any atom is 0.246 e. The van der Waals surface area contributed by atoms with Crippen LogP contribution in [0.25, 0.3) is 0 Å². The molecule has 26 unspecified atom stereocenters. The van der Waals surface area contributed by atoms with Gasteiger partial charge in [0.15, 0.2) is 30.7 Å². The van der Waals surface area contributed by atoms with Gasteiger partial charge in [-0.1, -0.05) is 61.0 Å². The number of amides is 6. The molecule has 7 fully saturated rings. The molecule has 98 heavy (non-hydrogen) atoms. The quantitative estimate of drug-likeness (QED) is 0.0581. The number of hydrogen-bond acceptors (Lipinski definition) is 27. The molecule has 2 aromatic rings. The van der Waals surface area contributed by atoms with E-state index in [4.69, 9.17) is 44.0 Å². The number of aliphatic hydroxyl groups is 12. The Balaban J connectivity index is 0.980. The molecule has 542 valence electrons. The Labute approximate surface area is 560 Å². The van der Waals surface area contributed by atoms with Crippen LogP contribution in [0.3, 0.4) is 0 Å². The number of guanidine groups is 2. The molecule has 26 atom stereocenters. The second-order valence-corrected chi connectivity index (χ2v) is 25.2. The summed E-state index contributed by atoms with van der Waals surface area (Å²) in [6, 6.07) is 0.960. The minimum Gasteiger partial charge on any atom is -0.462 e. The molecule has 9 rings (SSSR count). The van der Waals surface area contributed by atoms with Crippen molar-refractivity contribution in [2.45, 2.75) is 199 Å². The standard InChI is InChI=1S/C61H88N12O25/c1-24(2)8-7-11-37-92-23-35-51(97-37)46(83)49(86)59(96-35)98-50-34(22-76)95-58(48(85)45(50)82)93-28-14-12-26(13-15-28)16-29-53(88)71-39(41(78)30-17-65-60(62)69-30)56(91)72-40(42(79)32-18-66-61(63)73(32)57-47(84)44(81)43(80)33(21-75)94-57)55(90)68-31(20-74)52(87)64-19-36(77)70-38(54(89)67-29)25(3)27-9-5-4-6-10-27/h4-6,8-10,12-15,25,29-35,37-51,57-59,74-76,78-86H,7,11,16-23H2,1-3H3,(H2,63,66)(H,64,87)(H,67,89)(H,68,90)(H,70,77)(H,71,88)(H,72,91)(H3,62,65,69). The minimum absolute atomic E-state index is 0.0433. The summed E-state index contributed by atoms with van der Waals surface area (Å²) in [5.74, 6) is -9.19. The fraction of sp³-hybridized carbons (Fsp3) is 0.639. The predicted octanol–water partition coefficient (Wildman–Crippen LogP) is -10.1. The average Bonchev–Trinajstić information content (AvgIpc) is 1.27. The lowest BCUT2D eigenvalue weighted by Crippen LogP contribution is -2.69. The van der Waals surface area contributed by atoms with E-state index in [2.05, 4.69) is 47.9 Å². The minimum atomic E-state index is -2.35. The lowest BCUT2D eigenvalue weighted by Gasteiger charge is -2.48. The molecular weight excluding hydrogens is 1300 g/mol. The molecule has 7 aliphatic rings. The molecule has 0 radical (unpaired) electrons. The fourth-order valence-corrected chi connectivity index (χ4v) is 12.5. The van der Waals surface area contributed by atoms with Crippen molar-refractivity contribution >= 4 is 47.4 Å². The highest BCUT2D eigenvalue weighted by molar-refractivity contribution is 5.98. The van der Waals surface area contributed by atoms with Gasteiger partial charge in [-0.2, -0.15) is 0 Å². The molecule has 0 saturated carbocycles. The summed E-state index contributed by atoms with van der Waals surface area (Å²) in [6.45, 7) is 0.869. The summed E-state index contributed by atoms with van der Waals surface area (Å²) < 4.78 is 41.1. The van der Waals surface area contributed by atoms with Crippen LogP contribution in [0.1, 0.15) is 50.7 Å². The van der Waals surface area contributed by atoms with Gasteiger partial charge in [-0.3, -0.25) is 39.6 Å². The number of allylic oxidation sites excluding steroid dienone is 2. The van der Waals surface area contributed by atoms with Gasteiger partial charge in [0.1, 0.15) is 121 Å². The second kappa shape index (κ2) is 33.2. The Morgan fingerprint density at radius 1 is 0.633 bits per heavy atom. The van der Waals surface area contributed by atoms with Crippen molar-refractivity contribution in [2.75, 3.05) is 46.1 Å². The molecule has 0 aromatic heterocycles. The first-order valence-electron chi connectivity index (χ1n) is 32.0. The van der Waals surface area contributed by atoms with Gasteiger partial charge in [0, 0.05) is 31.8 Å². The van der Waals surface area contributed by atoms with Crippen molar-refractivity contribution in [1.82, 2.24) is 52.8 Å². The number of benzene rings is 2. The third kappa shape index (κ3) is 17.2. The lowest BCUT2D eigenvalue weighted by molar-refractivity contribution is -0.381. The Bertz CT molecular complexity index is 3140. The number of hydrogen-bond donors (Lipinski definition) is 23. The number of carbonyl (C=O) groups excluding carboxylic acids is 6. The molecule has 0 bridgehead atoms. The van der Waals surface area contributed by atoms with E-state index in [1.165, 1.54) is 24.3 Å². The van der Waals surface area contributed by atoms with E-state index in [1.807, 2.05) is 19.9 Å². The van der Waals surface area contributed by atoms with E-state index in [-0.39, 0.29) is 30.4 Å². The van der Waals surface area contributed by atoms with Crippen LogP contribution in [-0.2, 0) is 63.6 Å². The normalized spacial score (nSPS) is 37.1. The summed E-state index contributed by atoms with van der Waals surface area (Å²) in [6.07, 6.45) is -27.2. The van der Waals surface area contributed by atoms with E-state index < -0.39 is 239 Å². The number of ether oxygens (including phenoxy) is 7. The topological polar surface area (TPSA) is 569 Å². The van der Waals surface area contributed by atoms with Crippen LogP contribution in [0.15, 0.2) is 66.2 Å². The number of nitrogens with zero attached hydrogens (tertiary/aromatic N) is 1. The van der Waals surface area contributed by atoms with Crippen LogP contribution in [0.2, 0.25) is 0 Å². The molecule has 7 saturated heterocycles. The van der Waals surface area contributed by atoms with E-state index in [0.29, 0.717) is 18.4 Å². The molecule has 0 spiro atoms. The molecule has 0 aliphatic carbocycles. The first-order chi connectivity index (χ1) is 46.7. The maximum absolute atomic E-state index is 15.2. The summed E-state index contributed by atoms with van der Waals surface area (Å²) in [4.78, 5) is 88.2. The smallest absolute Gasteiger partial charge is 0.246 e. The molecule has 37 nitrogen and oxygen atoms in total. The second-order valence-electron chi connectivity index (χ2n) is 25.2. The van der Waals surface area contributed by atoms with Crippen LogP contribution in [-0.4, -0.2) is 312 Å². The molecule has 2 aromatic carbocycles. The largest absolute Gasteiger partial charge is 0.462 e. The first-order valence-corrected chi connectivity index (χ1v) is 32.0. The molecule has 37 heteroatoms. The first kappa shape index (κ1) is 74.8. The number of nitrogens with one attached hydrogen (secondary N) is 11. The van der Waals surface area contributed by atoms with E-state index in [1.54, 1.807) is 37.3 Å². The summed E-state index contributed by atoms with van der Waals surface area (Å²) in [5.41, 5.74) is 1.83. The lowest BCUT2D eigenvalue weighted by atomic mass is 9.92. The van der Waals surface area contributed by atoms with Crippen molar-refractivity contribution in [3.63, 3.8) is 0 Å². The van der Waals surface area contributed by atoms with Crippen molar-refractivity contribution in [3.05, 3.63) is 77.4 Å². The number of carbonyl (C=O) groups is 6. The number of aliphatic hydroxyl groups excluding tert-OH is 12. The van der Waals surface area contributed by atoms with Gasteiger partial charge < -0.3 is 147 Å². The van der Waals surface area contributed by atoms with Crippen LogP contribution in [0, 0.1) is 10.8 Å². The van der Waals surface area contributed by atoms with Gasteiger partial charge in [-0.25, -0.2) is 0 Å². The molecular formula is C61H88N12O25. The zero-order valence-electron chi connectivity index (χ0n) is 53.5.